The van der Waals surface area contributed by atoms with Crippen molar-refractivity contribution in [1.82, 2.24) is 9.88 Å². The predicted octanol–water partition coefficient (Wildman–Crippen LogP) is 3.77. The number of rotatable bonds is 3. The lowest BCUT2D eigenvalue weighted by molar-refractivity contribution is -0.121. The number of hydrogen-bond donors (Lipinski definition) is 1. The van der Waals surface area contributed by atoms with Gasteiger partial charge in [-0.15, -0.1) is 0 Å². The molecule has 0 radical (unpaired) electrons. The first-order valence-corrected chi connectivity index (χ1v) is 9.23. The number of nitrogens with zero attached hydrogens (tertiary/aromatic N) is 2. The Hall–Kier alpha value is -3.22. The van der Waals surface area contributed by atoms with Crippen molar-refractivity contribution in [3.63, 3.8) is 0 Å². The van der Waals surface area contributed by atoms with Crippen LogP contribution in [0.5, 0.6) is 0 Å². The van der Waals surface area contributed by atoms with E-state index in [1.54, 1.807) is 30.2 Å². The molecular weight excluding hydrogens is 361 g/mol. The van der Waals surface area contributed by atoms with E-state index < -0.39 is 0 Å². The molecule has 2 aromatic heterocycles. The number of amides is 2. The Labute approximate surface area is 161 Å². The number of anilines is 1. The van der Waals surface area contributed by atoms with E-state index in [4.69, 9.17) is 4.42 Å². The summed E-state index contributed by atoms with van der Waals surface area (Å²) in [6.07, 6.45) is 2.76. The Kier molecular flexibility index (Phi) is 4.81. The number of fused-ring (bicyclic) bond motifs is 1. The monoisotopic (exact) mass is 381 g/mol. The van der Waals surface area contributed by atoms with E-state index in [0.29, 0.717) is 48.3 Å². The van der Waals surface area contributed by atoms with E-state index in [9.17, 15) is 14.0 Å². The number of carbonyl (C=O) groups excluding carboxylic acids is 2. The smallest absolute Gasteiger partial charge is 0.289 e. The molecule has 1 aliphatic rings. The fourth-order valence-corrected chi connectivity index (χ4v) is 3.55. The Bertz CT molecular complexity index is 1020. The van der Waals surface area contributed by atoms with Gasteiger partial charge in [0.25, 0.3) is 5.91 Å². The Morgan fingerprint density at radius 1 is 1.21 bits per heavy atom. The molecule has 144 valence electrons. The molecule has 1 aromatic carbocycles. The van der Waals surface area contributed by atoms with Gasteiger partial charge < -0.3 is 14.6 Å². The largest absolute Gasteiger partial charge is 0.451 e. The third-order valence-corrected chi connectivity index (χ3v) is 5.16. The maximum Gasteiger partial charge on any atom is 0.289 e. The van der Waals surface area contributed by atoms with Gasteiger partial charge in [-0.2, -0.15) is 0 Å². The van der Waals surface area contributed by atoms with E-state index in [1.807, 2.05) is 6.07 Å². The Morgan fingerprint density at radius 3 is 2.71 bits per heavy atom. The normalized spacial score (nSPS) is 15.0. The lowest BCUT2D eigenvalue weighted by Crippen LogP contribution is -2.41. The first-order valence-electron chi connectivity index (χ1n) is 9.23. The molecule has 0 atom stereocenters. The minimum Gasteiger partial charge on any atom is -0.451 e. The van der Waals surface area contributed by atoms with E-state index in [0.717, 1.165) is 0 Å². The summed E-state index contributed by atoms with van der Waals surface area (Å²) < 4.78 is 19.2. The highest BCUT2D eigenvalue weighted by Gasteiger charge is 2.30. The minimum atomic E-state index is -0.366. The summed E-state index contributed by atoms with van der Waals surface area (Å²) in [5.74, 6) is -0.0842. The van der Waals surface area contributed by atoms with Gasteiger partial charge in [-0.25, -0.2) is 9.37 Å². The van der Waals surface area contributed by atoms with Crippen molar-refractivity contribution in [3.05, 3.63) is 59.7 Å². The van der Waals surface area contributed by atoms with Crippen molar-refractivity contribution < 1.29 is 18.4 Å². The molecule has 0 bridgehead atoms. The zero-order valence-electron chi connectivity index (χ0n) is 15.4. The highest BCUT2D eigenvalue weighted by Crippen LogP contribution is 2.28. The number of furan rings is 1. The molecule has 3 aromatic rings. The first-order chi connectivity index (χ1) is 13.5. The van der Waals surface area contributed by atoms with Crippen molar-refractivity contribution in [2.24, 2.45) is 5.92 Å². The molecule has 2 amide bonds. The molecule has 6 nitrogen and oxygen atoms in total. The number of aromatic nitrogens is 1. The van der Waals surface area contributed by atoms with Crippen LogP contribution in [-0.2, 0) is 4.79 Å². The topological polar surface area (TPSA) is 75.4 Å². The van der Waals surface area contributed by atoms with Crippen molar-refractivity contribution in [2.45, 2.75) is 19.8 Å². The number of pyridine rings is 1. The summed E-state index contributed by atoms with van der Waals surface area (Å²) >= 11 is 0. The third-order valence-electron chi connectivity index (χ3n) is 5.16. The van der Waals surface area contributed by atoms with Gasteiger partial charge in [0.2, 0.25) is 5.91 Å². The SMILES string of the molecule is Cc1c(C(=O)N2CCC(C(=O)Nc3ccccn3)CC2)oc2ccc(F)cc12. The molecule has 28 heavy (non-hydrogen) atoms. The van der Waals surface area contributed by atoms with Crippen molar-refractivity contribution in [3.8, 4) is 0 Å². The molecule has 7 heteroatoms. The maximum absolute atomic E-state index is 13.5. The van der Waals surface area contributed by atoms with Crippen LogP contribution in [0.25, 0.3) is 11.0 Å². The second-order valence-corrected chi connectivity index (χ2v) is 6.97. The molecule has 1 saturated heterocycles. The van der Waals surface area contributed by atoms with Crippen LogP contribution in [0.1, 0.15) is 29.0 Å². The van der Waals surface area contributed by atoms with Crippen LogP contribution in [0.3, 0.4) is 0 Å². The minimum absolute atomic E-state index is 0.0822. The summed E-state index contributed by atoms with van der Waals surface area (Å²) in [6, 6.07) is 9.55. The molecular formula is C21H20FN3O3. The lowest BCUT2D eigenvalue weighted by Gasteiger charge is -2.30. The molecule has 0 saturated carbocycles. The van der Waals surface area contributed by atoms with E-state index in [-0.39, 0.29) is 29.3 Å². The van der Waals surface area contributed by atoms with Crippen LogP contribution in [-0.4, -0.2) is 34.8 Å². The van der Waals surface area contributed by atoms with Gasteiger partial charge in [-0.3, -0.25) is 9.59 Å². The standard InChI is InChI=1S/C21H20FN3O3/c1-13-16-12-15(22)5-6-17(16)28-19(13)21(27)25-10-7-14(8-11-25)20(26)24-18-4-2-3-9-23-18/h2-6,9,12,14H,7-8,10-11H2,1H3,(H,23,24,26). The molecule has 1 aliphatic heterocycles. The Morgan fingerprint density at radius 2 is 2.00 bits per heavy atom. The number of nitrogens with one attached hydrogen (secondary N) is 1. The maximum atomic E-state index is 13.5. The van der Waals surface area contributed by atoms with E-state index in [2.05, 4.69) is 10.3 Å². The second kappa shape index (κ2) is 7.42. The van der Waals surface area contributed by atoms with Crippen molar-refractivity contribution >= 4 is 28.6 Å². The van der Waals surface area contributed by atoms with E-state index >= 15 is 0 Å². The van der Waals surface area contributed by atoms with Gasteiger partial charge in [0.15, 0.2) is 5.76 Å². The van der Waals surface area contributed by atoms with Crippen LogP contribution in [0.2, 0.25) is 0 Å². The number of piperidine rings is 1. The second-order valence-electron chi connectivity index (χ2n) is 6.97. The summed E-state index contributed by atoms with van der Waals surface area (Å²) in [7, 11) is 0. The van der Waals surface area contributed by atoms with Crippen LogP contribution in [0.4, 0.5) is 10.2 Å². The summed E-state index contributed by atoms with van der Waals surface area (Å²) in [4.78, 5) is 31.1. The van der Waals surface area contributed by atoms with Crippen molar-refractivity contribution in [2.75, 3.05) is 18.4 Å². The fourth-order valence-electron chi connectivity index (χ4n) is 3.55. The number of hydrogen-bond acceptors (Lipinski definition) is 4. The van der Waals surface area contributed by atoms with Crippen molar-refractivity contribution in [1.29, 1.82) is 0 Å². The molecule has 1 N–H and O–H groups in total. The van der Waals surface area contributed by atoms with Crippen LogP contribution < -0.4 is 5.32 Å². The number of benzene rings is 1. The molecule has 4 rings (SSSR count). The van der Waals surface area contributed by atoms with Gasteiger partial charge in [0.05, 0.1) is 0 Å². The molecule has 0 spiro atoms. The zero-order valence-corrected chi connectivity index (χ0v) is 15.4. The molecule has 0 unspecified atom stereocenters. The van der Waals surface area contributed by atoms with E-state index in [1.165, 1.54) is 18.2 Å². The van der Waals surface area contributed by atoms with Crippen LogP contribution >= 0.6 is 0 Å². The van der Waals surface area contributed by atoms with Crippen LogP contribution in [0.15, 0.2) is 47.0 Å². The average molecular weight is 381 g/mol. The van der Waals surface area contributed by atoms with Gasteiger partial charge >= 0.3 is 0 Å². The highest BCUT2D eigenvalue weighted by atomic mass is 19.1. The number of carbonyl (C=O) groups is 2. The highest BCUT2D eigenvalue weighted by molar-refractivity contribution is 5.99. The van der Waals surface area contributed by atoms with Gasteiger partial charge in [-0.05, 0) is 50.1 Å². The number of aryl methyl sites for hydroxylation is 1. The first kappa shape index (κ1) is 18.2. The van der Waals surface area contributed by atoms with Crippen LogP contribution in [0, 0.1) is 18.7 Å². The van der Waals surface area contributed by atoms with Gasteiger partial charge in [0, 0.05) is 36.2 Å². The Balaban J connectivity index is 1.42. The summed E-state index contributed by atoms with van der Waals surface area (Å²) in [5.41, 5.74) is 1.13. The fraction of sp³-hybridized carbons (Fsp3) is 0.286. The molecule has 1 fully saturated rings. The summed E-state index contributed by atoms with van der Waals surface area (Å²) in [6.45, 7) is 2.68. The van der Waals surface area contributed by atoms with Gasteiger partial charge in [0.1, 0.15) is 17.2 Å². The quantitative estimate of drug-likeness (QED) is 0.749. The lowest BCUT2D eigenvalue weighted by atomic mass is 9.95. The number of halogens is 1. The molecule has 3 heterocycles. The number of likely N-dealkylation sites (tertiary alicyclic amines) is 1. The van der Waals surface area contributed by atoms with Gasteiger partial charge in [-0.1, -0.05) is 6.07 Å². The zero-order chi connectivity index (χ0) is 19.7. The summed E-state index contributed by atoms with van der Waals surface area (Å²) in [5, 5.41) is 3.42. The average Bonchev–Trinajstić information content (AvgIpc) is 3.04. The predicted molar refractivity (Wildman–Crippen MR) is 102 cm³/mol. The molecule has 0 aliphatic carbocycles. The third kappa shape index (κ3) is 3.47.